The maximum Gasteiger partial charge on any atom is 0.0570 e. The van der Waals surface area contributed by atoms with Crippen LogP contribution in [0.5, 0.6) is 0 Å². The van der Waals surface area contributed by atoms with Crippen LogP contribution in [0.3, 0.4) is 0 Å². The standard InChI is InChI=1S/C14H22N2/c1-11-7-3-4-8-13(11)16-12(2)14-9-5-6-10-15-14/h5-6,9-13,16H,3-4,7-8H2,1-2H3/t11?,12-,13?/m1/s1. The van der Waals surface area contributed by atoms with E-state index >= 15 is 0 Å². The molecule has 1 aliphatic carbocycles. The summed E-state index contributed by atoms with van der Waals surface area (Å²) in [6.07, 6.45) is 7.33. The first kappa shape index (κ1) is 11.6. The highest BCUT2D eigenvalue weighted by Crippen LogP contribution is 2.25. The number of aromatic nitrogens is 1. The van der Waals surface area contributed by atoms with E-state index in [0.29, 0.717) is 12.1 Å². The van der Waals surface area contributed by atoms with Gasteiger partial charge in [-0.25, -0.2) is 0 Å². The predicted octanol–water partition coefficient (Wildman–Crippen LogP) is 3.31. The van der Waals surface area contributed by atoms with Gasteiger partial charge in [0, 0.05) is 18.3 Å². The minimum Gasteiger partial charge on any atom is -0.306 e. The number of hydrogen-bond donors (Lipinski definition) is 1. The van der Waals surface area contributed by atoms with E-state index < -0.39 is 0 Å². The maximum absolute atomic E-state index is 4.41. The minimum absolute atomic E-state index is 0.367. The molecule has 2 rings (SSSR count). The van der Waals surface area contributed by atoms with Gasteiger partial charge >= 0.3 is 0 Å². The molecule has 88 valence electrons. The molecule has 1 aromatic rings. The van der Waals surface area contributed by atoms with E-state index in [4.69, 9.17) is 0 Å². The number of pyridine rings is 1. The highest BCUT2D eigenvalue weighted by molar-refractivity contribution is 5.08. The van der Waals surface area contributed by atoms with E-state index in [-0.39, 0.29) is 0 Å². The van der Waals surface area contributed by atoms with Gasteiger partial charge in [-0.15, -0.1) is 0 Å². The molecule has 0 amide bonds. The Morgan fingerprint density at radius 3 is 2.81 bits per heavy atom. The second-order valence-electron chi connectivity index (χ2n) is 5.01. The molecule has 0 aliphatic heterocycles. The Morgan fingerprint density at radius 1 is 1.31 bits per heavy atom. The third kappa shape index (κ3) is 2.82. The van der Waals surface area contributed by atoms with Gasteiger partial charge in [0.25, 0.3) is 0 Å². The molecule has 1 fully saturated rings. The van der Waals surface area contributed by atoms with Gasteiger partial charge < -0.3 is 5.32 Å². The van der Waals surface area contributed by atoms with Gasteiger partial charge in [-0.2, -0.15) is 0 Å². The summed E-state index contributed by atoms with van der Waals surface area (Å²) in [5.41, 5.74) is 1.15. The fraction of sp³-hybridized carbons (Fsp3) is 0.643. The van der Waals surface area contributed by atoms with Crippen molar-refractivity contribution < 1.29 is 0 Å². The first-order valence-electron chi connectivity index (χ1n) is 6.44. The molecular weight excluding hydrogens is 196 g/mol. The predicted molar refractivity (Wildman–Crippen MR) is 67.2 cm³/mol. The molecule has 1 saturated carbocycles. The molecule has 2 heteroatoms. The fourth-order valence-electron chi connectivity index (χ4n) is 2.60. The molecule has 1 heterocycles. The van der Waals surface area contributed by atoms with Gasteiger partial charge in [-0.1, -0.05) is 25.8 Å². The van der Waals surface area contributed by atoms with E-state index in [0.717, 1.165) is 11.6 Å². The first-order valence-corrected chi connectivity index (χ1v) is 6.44. The van der Waals surface area contributed by atoms with Crippen LogP contribution in [0.1, 0.15) is 51.3 Å². The van der Waals surface area contributed by atoms with Crippen LogP contribution in [0.2, 0.25) is 0 Å². The average Bonchev–Trinajstić information content (AvgIpc) is 2.33. The van der Waals surface area contributed by atoms with Gasteiger partial charge in [0.05, 0.1) is 5.69 Å². The number of nitrogens with zero attached hydrogens (tertiary/aromatic N) is 1. The molecule has 3 atom stereocenters. The van der Waals surface area contributed by atoms with Gasteiger partial charge in [0.1, 0.15) is 0 Å². The van der Waals surface area contributed by atoms with E-state index in [1.807, 2.05) is 12.3 Å². The molecule has 0 radical (unpaired) electrons. The van der Waals surface area contributed by atoms with Crippen molar-refractivity contribution in [3.63, 3.8) is 0 Å². The van der Waals surface area contributed by atoms with Gasteiger partial charge in [-0.3, -0.25) is 4.98 Å². The molecule has 1 N–H and O–H groups in total. The molecule has 2 nitrogen and oxygen atoms in total. The van der Waals surface area contributed by atoms with Crippen molar-refractivity contribution in [3.05, 3.63) is 30.1 Å². The van der Waals surface area contributed by atoms with Gasteiger partial charge in [-0.05, 0) is 37.8 Å². The van der Waals surface area contributed by atoms with Crippen LogP contribution in [0, 0.1) is 5.92 Å². The van der Waals surface area contributed by atoms with Crippen molar-refractivity contribution in [2.45, 2.75) is 51.6 Å². The molecule has 1 aromatic heterocycles. The Kier molecular flexibility index (Phi) is 3.94. The van der Waals surface area contributed by atoms with Crippen LogP contribution in [0.4, 0.5) is 0 Å². The van der Waals surface area contributed by atoms with Crippen LogP contribution >= 0.6 is 0 Å². The molecule has 2 unspecified atom stereocenters. The Balaban J connectivity index is 1.94. The van der Waals surface area contributed by atoms with Crippen molar-refractivity contribution in [1.29, 1.82) is 0 Å². The van der Waals surface area contributed by atoms with Crippen LogP contribution in [0.25, 0.3) is 0 Å². The van der Waals surface area contributed by atoms with E-state index in [1.165, 1.54) is 25.7 Å². The third-order valence-electron chi connectivity index (χ3n) is 3.71. The molecule has 0 aromatic carbocycles. The Morgan fingerprint density at radius 2 is 2.12 bits per heavy atom. The lowest BCUT2D eigenvalue weighted by atomic mass is 9.85. The lowest BCUT2D eigenvalue weighted by Crippen LogP contribution is -2.38. The molecule has 16 heavy (non-hydrogen) atoms. The van der Waals surface area contributed by atoms with Crippen LogP contribution in [-0.4, -0.2) is 11.0 Å². The Labute approximate surface area is 98.5 Å². The number of rotatable bonds is 3. The van der Waals surface area contributed by atoms with Crippen molar-refractivity contribution >= 4 is 0 Å². The Hall–Kier alpha value is -0.890. The SMILES string of the molecule is CC1CCCCC1N[C@H](C)c1ccccn1. The summed E-state index contributed by atoms with van der Waals surface area (Å²) in [5, 5.41) is 3.72. The molecule has 0 bridgehead atoms. The zero-order valence-electron chi connectivity index (χ0n) is 10.3. The second kappa shape index (κ2) is 5.44. The molecular formula is C14H22N2. The molecule has 1 aliphatic rings. The maximum atomic E-state index is 4.41. The minimum atomic E-state index is 0.367. The molecule has 0 spiro atoms. The van der Waals surface area contributed by atoms with Crippen molar-refractivity contribution in [3.8, 4) is 0 Å². The average molecular weight is 218 g/mol. The first-order chi connectivity index (χ1) is 7.77. The summed E-state index contributed by atoms with van der Waals surface area (Å²) in [5.74, 6) is 0.805. The van der Waals surface area contributed by atoms with Crippen LogP contribution in [0.15, 0.2) is 24.4 Å². The monoisotopic (exact) mass is 218 g/mol. The van der Waals surface area contributed by atoms with E-state index in [9.17, 15) is 0 Å². The summed E-state index contributed by atoms with van der Waals surface area (Å²) in [7, 11) is 0. The van der Waals surface area contributed by atoms with Gasteiger partial charge in [0.15, 0.2) is 0 Å². The zero-order chi connectivity index (χ0) is 11.4. The second-order valence-corrected chi connectivity index (χ2v) is 5.01. The largest absolute Gasteiger partial charge is 0.306 e. The van der Waals surface area contributed by atoms with Gasteiger partial charge in [0.2, 0.25) is 0 Å². The highest BCUT2D eigenvalue weighted by atomic mass is 15.0. The zero-order valence-corrected chi connectivity index (χ0v) is 10.3. The lowest BCUT2D eigenvalue weighted by Gasteiger charge is -2.32. The Bertz CT molecular complexity index is 310. The third-order valence-corrected chi connectivity index (χ3v) is 3.71. The number of hydrogen-bond acceptors (Lipinski definition) is 2. The summed E-state index contributed by atoms with van der Waals surface area (Å²) in [4.78, 5) is 4.41. The van der Waals surface area contributed by atoms with Crippen LogP contribution in [-0.2, 0) is 0 Å². The van der Waals surface area contributed by atoms with Crippen molar-refractivity contribution in [1.82, 2.24) is 10.3 Å². The van der Waals surface area contributed by atoms with Crippen molar-refractivity contribution in [2.75, 3.05) is 0 Å². The summed E-state index contributed by atoms with van der Waals surface area (Å²) in [6.45, 7) is 4.58. The van der Waals surface area contributed by atoms with Crippen molar-refractivity contribution in [2.24, 2.45) is 5.92 Å². The number of nitrogens with one attached hydrogen (secondary N) is 1. The van der Waals surface area contributed by atoms with Crippen LogP contribution < -0.4 is 5.32 Å². The molecule has 0 saturated heterocycles. The summed E-state index contributed by atoms with van der Waals surface area (Å²) >= 11 is 0. The fourth-order valence-corrected chi connectivity index (χ4v) is 2.60. The summed E-state index contributed by atoms with van der Waals surface area (Å²) < 4.78 is 0. The topological polar surface area (TPSA) is 24.9 Å². The van der Waals surface area contributed by atoms with E-state index in [2.05, 4.69) is 36.3 Å². The summed E-state index contributed by atoms with van der Waals surface area (Å²) in [6, 6.07) is 7.17. The highest BCUT2D eigenvalue weighted by Gasteiger charge is 2.22. The van der Waals surface area contributed by atoms with E-state index in [1.54, 1.807) is 0 Å². The normalized spacial score (nSPS) is 27.6. The quantitative estimate of drug-likeness (QED) is 0.842. The smallest absolute Gasteiger partial charge is 0.0570 e. The lowest BCUT2D eigenvalue weighted by molar-refractivity contribution is 0.262.